The smallest absolute Gasteiger partial charge is 0.274 e. The van der Waals surface area contributed by atoms with E-state index in [0.717, 1.165) is 5.06 Å². The van der Waals surface area contributed by atoms with Gasteiger partial charge in [-0.3, -0.25) is 13.9 Å². The molecule has 1 aliphatic heterocycles. The second-order valence-electron chi connectivity index (χ2n) is 4.27. The average Bonchev–Trinajstić information content (AvgIpc) is 2.77. The van der Waals surface area contributed by atoms with Crippen LogP contribution < -0.4 is 4.31 Å². The Bertz CT molecular complexity index is 568. The molecule has 1 amide bonds. The van der Waals surface area contributed by atoms with Crippen LogP contribution in [-0.4, -0.2) is 45.8 Å². The van der Waals surface area contributed by atoms with Crippen molar-refractivity contribution in [2.45, 2.75) is 6.42 Å². The summed E-state index contributed by atoms with van der Waals surface area (Å²) in [5.41, 5.74) is 1.04. The Morgan fingerprint density at radius 1 is 1.32 bits per heavy atom. The third-order valence-electron chi connectivity index (χ3n) is 3.06. The predicted octanol–water partition coefficient (Wildman–Crippen LogP) is 0.860. The maximum absolute atomic E-state index is 11.8. The summed E-state index contributed by atoms with van der Waals surface area (Å²) in [5, 5.41) is 1.11. The fourth-order valence-corrected chi connectivity index (χ4v) is 3.53. The Morgan fingerprint density at radius 3 is 2.42 bits per heavy atom. The fourth-order valence-electron chi connectivity index (χ4n) is 1.96. The Balaban J connectivity index is 2.22. The molecule has 0 spiro atoms. The first kappa shape index (κ1) is 13.8. The van der Waals surface area contributed by atoms with Gasteiger partial charge < -0.3 is 0 Å². The van der Waals surface area contributed by atoms with Crippen LogP contribution >= 0.6 is 0 Å². The molecule has 0 aromatic heterocycles. The average molecular weight is 284 g/mol. The molecule has 1 heterocycles. The van der Waals surface area contributed by atoms with Gasteiger partial charge in [0.1, 0.15) is 0 Å². The molecule has 0 atom stereocenters. The summed E-state index contributed by atoms with van der Waals surface area (Å²) >= 11 is 0. The molecular formula is C12H16N2O4S. The highest BCUT2D eigenvalue weighted by Crippen LogP contribution is 2.24. The lowest BCUT2D eigenvalue weighted by molar-refractivity contribution is -0.0756. The van der Waals surface area contributed by atoms with E-state index in [1.165, 1.54) is 18.5 Å². The Hall–Kier alpha value is -1.60. The number of sulfonamides is 1. The summed E-state index contributed by atoms with van der Waals surface area (Å²) in [7, 11) is -0.260. The van der Waals surface area contributed by atoms with Gasteiger partial charge in [0, 0.05) is 19.2 Å². The molecule has 0 saturated carbocycles. The van der Waals surface area contributed by atoms with Crippen LogP contribution in [0.15, 0.2) is 24.3 Å². The van der Waals surface area contributed by atoms with Gasteiger partial charge >= 0.3 is 0 Å². The lowest BCUT2D eigenvalue weighted by Gasteiger charge is -2.18. The first-order chi connectivity index (χ1) is 8.95. The van der Waals surface area contributed by atoms with Gasteiger partial charge in [0.15, 0.2) is 0 Å². The number of hydroxylamine groups is 2. The van der Waals surface area contributed by atoms with Crippen molar-refractivity contribution < 1.29 is 18.0 Å². The zero-order valence-electron chi connectivity index (χ0n) is 10.9. The van der Waals surface area contributed by atoms with Gasteiger partial charge in [0.2, 0.25) is 10.0 Å². The maximum atomic E-state index is 11.8. The topological polar surface area (TPSA) is 66.9 Å². The van der Waals surface area contributed by atoms with E-state index in [1.807, 2.05) is 0 Å². The van der Waals surface area contributed by atoms with Crippen LogP contribution in [0.25, 0.3) is 0 Å². The zero-order chi connectivity index (χ0) is 14.0. The second kappa shape index (κ2) is 5.18. The lowest BCUT2D eigenvalue weighted by atomic mass is 10.2. The van der Waals surface area contributed by atoms with Crippen molar-refractivity contribution >= 4 is 21.6 Å². The van der Waals surface area contributed by atoms with E-state index in [4.69, 9.17) is 4.84 Å². The number of amides is 1. The fraction of sp³-hybridized carbons (Fsp3) is 0.417. The molecule has 0 aliphatic carbocycles. The highest BCUT2D eigenvalue weighted by molar-refractivity contribution is 7.93. The summed E-state index contributed by atoms with van der Waals surface area (Å²) in [4.78, 5) is 16.6. The van der Waals surface area contributed by atoms with Gasteiger partial charge in [-0.1, -0.05) is 0 Å². The van der Waals surface area contributed by atoms with E-state index < -0.39 is 10.0 Å². The first-order valence-corrected chi connectivity index (χ1v) is 7.49. The molecule has 1 aromatic carbocycles. The van der Waals surface area contributed by atoms with Crippen molar-refractivity contribution in [3.05, 3.63) is 29.8 Å². The van der Waals surface area contributed by atoms with E-state index >= 15 is 0 Å². The highest BCUT2D eigenvalue weighted by atomic mass is 32.2. The minimum atomic E-state index is -3.18. The molecule has 1 aromatic rings. The van der Waals surface area contributed by atoms with Crippen molar-refractivity contribution in [2.24, 2.45) is 0 Å². The molecule has 0 bridgehead atoms. The summed E-state index contributed by atoms with van der Waals surface area (Å²) in [6.07, 6.45) is 0.634. The van der Waals surface area contributed by atoms with E-state index in [1.54, 1.807) is 24.3 Å². The highest BCUT2D eigenvalue weighted by Gasteiger charge is 2.28. The minimum absolute atomic E-state index is 0.181. The largest absolute Gasteiger partial charge is 0.277 e. The summed E-state index contributed by atoms with van der Waals surface area (Å²) < 4.78 is 24.9. The molecule has 0 unspecified atom stereocenters. The molecule has 19 heavy (non-hydrogen) atoms. The van der Waals surface area contributed by atoms with E-state index in [9.17, 15) is 13.2 Å². The summed E-state index contributed by atoms with van der Waals surface area (Å²) in [5.74, 6) is -0.0987. The zero-order valence-corrected chi connectivity index (χ0v) is 11.7. The Kier molecular flexibility index (Phi) is 3.77. The number of rotatable bonds is 3. The summed E-state index contributed by atoms with van der Waals surface area (Å²) in [6.45, 7) is 0.494. The second-order valence-corrected chi connectivity index (χ2v) is 6.29. The van der Waals surface area contributed by atoms with Crippen LogP contribution in [-0.2, 0) is 14.9 Å². The third-order valence-corrected chi connectivity index (χ3v) is 4.93. The third kappa shape index (κ3) is 2.71. The number of hydrogen-bond acceptors (Lipinski definition) is 4. The van der Waals surface area contributed by atoms with E-state index in [-0.39, 0.29) is 11.7 Å². The molecule has 104 valence electrons. The number of nitrogens with zero attached hydrogens (tertiary/aromatic N) is 2. The van der Waals surface area contributed by atoms with Gasteiger partial charge in [-0.25, -0.2) is 13.5 Å². The number of carbonyl (C=O) groups excluding carboxylic acids is 1. The van der Waals surface area contributed by atoms with Gasteiger partial charge in [0.25, 0.3) is 5.91 Å². The first-order valence-electron chi connectivity index (χ1n) is 5.88. The van der Waals surface area contributed by atoms with Crippen LogP contribution in [0.2, 0.25) is 0 Å². The molecular weight excluding hydrogens is 268 g/mol. The van der Waals surface area contributed by atoms with Crippen LogP contribution in [0.1, 0.15) is 16.8 Å². The van der Waals surface area contributed by atoms with Gasteiger partial charge in [-0.05, 0) is 30.7 Å². The van der Waals surface area contributed by atoms with Gasteiger partial charge in [-0.15, -0.1) is 0 Å². The Labute approximate surface area is 112 Å². The van der Waals surface area contributed by atoms with Crippen LogP contribution in [0.3, 0.4) is 0 Å². The molecule has 7 heteroatoms. The molecule has 6 nitrogen and oxygen atoms in total. The lowest BCUT2D eigenvalue weighted by Crippen LogP contribution is -2.26. The SMILES string of the molecule is CON(C)C(=O)c1ccc(N2CCCS2(=O)=O)cc1. The van der Waals surface area contributed by atoms with Crippen molar-refractivity contribution in [3.63, 3.8) is 0 Å². The predicted molar refractivity (Wildman–Crippen MR) is 71.3 cm³/mol. The number of anilines is 1. The minimum Gasteiger partial charge on any atom is -0.274 e. The molecule has 1 saturated heterocycles. The van der Waals surface area contributed by atoms with E-state index in [0.29, 0.717) is 24.2 Å². The number of hydrogen-bond donors (Lipinski definition) is 0. The number of benzene rings is 1. The molecule has 0 radical (unpaired) electrons. The quantitative estimate of drug-likeness (QED) is 0.772. The van der Waals surface area contributed by atoms with Crippen LogP contribution in [0.5, 0.6) is 0 Å². The summed E-state index contributed by atoms with van der Waals surface area (Å²) in [6, 6.07) is 6.47. The van der Waals surface area contributed by atoms with Crippen molar-refractivity contribution in [2.75, 3.05) is 30.8 Å². The Morgan fingerprint density at radius 2 is 1.95 bits per heavy atom. The van der Waals surface area contributed by atoms with Crippen LogP contribution in [0, 0.1) is 0 Å². The standard InChI is InChI=1S/C12H16N2O4S/c1-13(18-2)12(15)10-4-6-11(7-5-10)14-8-3-9-19(14,16)17/h4-7H,3,8-9H2,1-2H3. The van der Waals surface area contributed by atoms with Crippen molar-refractivity contribution in [3.8, 4) is 0 Å². The maximum Gasteiger partial charge on any atom is 0.277 e. The monoisotopic (exact) mass is 284 g/mol. The number of carbonyl (C=O) groups is 1. The van der Waals surface area contributed by atoms with Gasteiger partial charge in [-0.2, -0.15) is 0 Å². The normalized spacial score (nSPS) is 17.5. The van der Waals surface area contributed by atoms with Crippen molar-refractivity contribution in [1.82, 2.24) is 5.06 Å². The van der Waals surface area contributed by atoms with Crippen molar-refractivity contribution in [1.29, 1.82) is 0 Å². The molecule has 0 N–H and O–H groups in total. The van der Waals surface area contributed by atoms with Gasteiger partial charge in [0.05, 0.1) is 18.6 Å². The molecule has 2 rings (SSSR count). The van der Waals surface area contributed by atoms with Crippen LogP contribution in [0.4, 0.5) is 5.69 Å². The molecule has 1 aliphatic rings. The van der Waals surface area contributed by atoms with E-state index in [2.05, 4.69) is 0 Å². The molecule has 1 fully saturated rings.